The minimum absolute atomic E-state index is 0.178. The van der Waals surface area contributed by atoms with Crippen LogP contribution in [-0.2, 0) is 30.4 Å². The average molecular weight is 684 g/mol. The number of carbonyl (C=O) groups excluding carboxylic acids is 2. The van der Waals surface area contributed by atoms with E-state index in [2.05, 4.69) is 22.2 Å². The van der Waals surface area contributed by atoms with Crippen LogP contribution in [-0.4, -0.2) is 78.7 Å². The molecule has 13 nitrogen and oxygen atoms in total. The third-order valence-electron chi connectivity index (χ3n) is 8.20. The average Bonchev–Trinajstić information content (AvgIpc) is 3.07. The Morgan fingerprint density at radius 2 is 1.45 bits per heavy atom. The number of unbranched alkanes of at least 4 members (excludes halogenated alkanes) is 8. The maximum atomic E-state index is 13.4. The fourth-order valence-electron chi connectivity index (χ4n) is 5.33. The van der Waals surface area contributed by atoms with Crippen LogP contribution in [0.25, 0.3) is 11.1 Å². The van der Waals surface area contributed by atoms with Gasteiger partial charge in [-0.15, -0.1) is 0 Å². The van der Waals surface area contributed by atoms with Crippen molar-refractivity contribution in [1.29, 1.82) is 0 Å². The van der Waals surface area contributed by atoms with Crippen molar-refractivity contribution in [3.8, 4) is 17.1 Å². The van der Waals surface area contributed by atoms with Crippen LogP contribution in [0.2, 0.25) is 0 Å². The molecule has 0 saturated carbocycles. The Balaban J connectivity index is 2.03. The second kappa shape index (κ2) is 21.3. The number of benzene rings is 1. The number of carbonyl (C=O) groups is 5. The Morgan fingerprint density at radius 1 is 0.857 bits per heavy atom. The van der Waals surface area contributed by atoms with Crippen molar-refractivity contribution in [3.05, 3.63) is 54.4 Å². The van der Waals surface area contributed by atoms with Crippen LogP contribution >= 0.6 is 0 Å². The molecule has 0 aliphatic rings. The molecule has 0 radical (unpaired) electrons. The smallest absolute Gasteiger partial charge is 0.337 e. The van der Waals surface area contributed by atoms with Gasteiger partial charge >= 0.3 is 23.9 Å². The van der Waals surface area contributed by atoms with Crippen molar-refractivity contribution < 1.29 is 49.1 Å². The quantitative estimate of drug-likeness (QED) is 0.0691. The van der Waals surface area contributed by atoms with Crippen molar-refractivity contribution in [2.24, 2.45) is 5.92 Å². The monoisotopic (exact) mass is 683 g/mol. The molecular formula is C36H49N3O10. The van der Waals surface area contributed by atoms with Crippen molar-refractivity contribution in [3.63, 3.8) is 0 Å². The zero-order chi connectivity index (χ0) is 36.2. The number of aliphatic hydroxyl groups is 1. The summed E-state index contributed by atoms with van der Waals surface area (Å²) in [5.41, 5.74) is -1.07. The summed E-state index contributed by atoms with van der Waals surface area (Å²) < 4.78 is 4.96. The lowest BCUT2D eigenvalue weighted by Crippen LogP contribution is -2.55. The second-order valence-corrected chi connectivity index (χ2v) is 12.1. The summed E-state index contributed by atoms with van der Waals surface area (Å²) in [4.78, 5) is 69.3. The highest BCUT2D eigenvalue weighted by Gasteiger charge is 2.49. The molecule has 49 heavy (non-hydrogen) atoms. The van der Waals surface area contributed by atoms with Gasteiger partial charge in [0.25, 0.3) is 0 Å². The molecular weight excluding hydrogens is 634 g/mol. The first-order chi connectivity index (χ1) is 23.4. The number of methoxy groups -OCH3 is 1. The molecule has 0 saturated heterocycles. The maximum absolute atomic E-state index is 13.4. The van der Waals surface area contributed by atoms with Crippen molar-refractivity contribution >= 4 is 29.6 Å². The lowest BCUT2D eigenvalue weighted by molar-refractivity contribution is -0.172. The van der Waals surface area contributed by atoms with Gasteiger partial charge in [-0.25, -0.2) is 19.6 Å². The minimum Gasteiger partial charge on any atom is -0.481 e. The third kappa shape index (κ3) is 14.2. The van der Waals surface area contributed by atoms with Gasteiger partial charge in [0.1, 0.15) is 11.8 Å². The largest absolute Gasteiger partial charge is 0.481 e. The topological polar surface area (TPSA) is 213 Å². The highest BCUT2D eigenvalue weighted by molar-refractivity contribution is 5.94. The Bertz CT molecular complexity index is 1390. The van der Waals surface area contributed by atoms with E-state index in [1.807, 2.05) is 0 Å². The lowest BCUT2D eigenvalue weighted by Gasteiger charge is -2.29. The van der Waals surface area contributed by atoms with Crippen molar-refractivity contribution in [1.82, 2.24) is 15.3 Å². The molecule has 0 aliphatic heterocycles. The van der Waals surface area contributed by atoms with Gasteiger partial charge in [0.2, 0.25) is 5.91 Å². The number of nitrogens with one attached hydrogen (secondary N) is 1. The van der Waals surface area contributed by atoms with Gasteiger partial charge < -0.3 is 30.5 Å². The van der Waals surface area contributed by atoms with Gasteiger partial charge in [-0.3, -0.25) is 14.4 Å². The van der Waals surface area contributed by atoms with Gasteiger partial charge in [-0.2, -0.15) is 0 Å². The molecule has 0 fully saturated rings. The summed E-state index contributed by atoms with van der Waals surface area (Å²) in [6.07, 6.45) is 14.3. The molecule has 3 atom stereocenters. The molecule has 0 bridgehead atoms. The third-order valence-corrected chi connectivity index (χ3v) is 8.20. The fraction of sp³-hybridized carbons (Fsp3) is 0.528. The molecule has 0 spiro atoms. The van der Waals surface area contributed by atoms with Crippen LogP contribution in [0.5, 0.6) is 6.01 Å². The Kier molecular flexibility index (Phi) is 17.7. The summed E-state index contributed by atoms with van der Waals surface area (Å²) in [7, 11) is 1.44. The molecule has 1 heterocycles. The Labute approximate surface area is 286 Å². The summed E-state index contributed by atoms with van der Waals surface area (Å²) in [5, 5.41) is 42.2. The first-order valence-corrected chi connectivity index (χ1v) is 16.8. The van der Waals surface area contributed by atoms with Crippen LogP contribution in [0.15, 0.2) is 48.8 Å². The molecule has 2 aromatic rings. The zero-order valence-corrected chi connectivity index (χ0v) is 28.3. The van der Waals surface area contributed by atoms with Crippen molar-refractivity contribution in [2.45, 2.75) is 108 Å². The number of amides is 1. The van der Waals surface area contributed by atoms with Gasteiger partial charge in [0.15, 0.2) is 5.60 Å². The van der Waals surface area contributed by atoms with E-state index in [0.29, 0.717) is 36.8 Å². The van der Waals surface area contributed by atoms with E-state index in [1.54, 1.807) is 36.7 Å². The van der Waals surface area contributed by atoms with Crippen LogP contribution in [0.3, 0.4) is 0 Å². The van der Waals surface area contributed by atoms with Gasteiger partial charge in [-0.1, -0.05) is 81.9 Å². The minimum atomic E-state index is -3.03. The SMILES string of the molecule is CCCCCCCC(=O)CCCCCCC=C[C@H](C(=O)N[C@@H](Cc1ccc(-c2cnc(OC)nc2)cc1)C(=O)O)[C@@](O)(CC(=O)O)C(=O)O. The van der Waals surface area contributed by atoms with Crippen LogP contribution in [0.1, 0.15) is 96.0 Å². The highest BCUT2D eigenvalue weighted by atomic mass is 16.5. The number of carboxylic acid groups (broad SMARTS) is 3. The molecule has 5 N–H and O–H groups in total. The van der Waals surface area contributed by atoms with E-state index in [-0.39, 0.29) is 18.2 Å². The molecule has 1 amide bonds. The number of rotatable bonds is 25. The molecule has 13 heteroatoms. The molecule has 268 valence electrons. The van der Waals surface area contributed by atoms with Crippen LogP contribution < -0.4 is 10.1 Å². The number of hydrogen-bond donors (Lipinski definition) is 5. The number of ketones is 1. The number of aromatic nitrogens is 2. The molecule has 0 aliphatic carbocycles. The van der Waals surface area contributed by atoms with Gasteiger partial charge in [-0.05, 0) is 36.8 Å². The van der Waals surface area contributed by atoms with E-state index in [1.165, 1.54) is 19.6 Å². The number of aliphatic carboxylic acids is 3. The zero-order valence-electron chi connectivity index (χ0n) is 28.3. The summed E-state index contributed by atoms with van der Waals surface area (Å²) >= 11 is 0. The number of ether oxygens (including phenoxy) is 1. The Morgan fingerprint density at radius 3 is 1.98 bits per heavy atom. The van der Waals surface area contributed by atoms with E-state index in [9.17, 15) is 44.4 Å². The molecule has 0 unspecified atom stereocenters. The maximum Gasteiger partial charge on any atom is 0.337 e. The normalized spacial score (nSPS) is 13.7. The number of carboxylic acids is 3. The number of allylic oxidation sites excluding steroid dienone is 1. The second-order valence-electron chi connectivity index (χ2n) is 12.1. The summed E-state index contributed by atoms with van der Waals surface area (Å²) in [6, 6.07) is 5.44. The van der Waals surface area contributed by atoms with Crippen molar-refractivity contribution in [2.75, 3.05) is 7.11 Å². The van der Waals surface area contributed by atoms with E-state index < -0.39 is 47.8 Å². The Hall–Kier alpha value is -4.65. The lowest BCUT2D eigenvalue weighted by atomic mass is 9.82. The van der Waals surface area contributed by atoms with E-state index in [4.69, 9.17) is 4.74 Å². The predicted molar refractivity (Wildman–Crippen MR) is 181 cm³/mol. The summed E-state index contributed by atoms with van der Waals surface area (Å²) in [5.74, 6) is -7.76. The standard InChI is InChI=1S/C36H49N3O10/c1-3-4-5-8-11-14-28(40)15-12-9-6-7-10-13-16-29(36(48,34(46)47)22-31(41)42)32(43)39-30(33(44)45)21-25-17-19-26(20-18-25)27-23-37-35(49-2)38-24-27/h13,16-20,23-24,29-30,48H,3-12,14-15,21-22H2,1-2H3,(H,39,43)(H,41,42)(H,44,45)(H,46,47)/t29-,30+,36+/m1/s1. The number of nitrogens with zero attached hydrogens (tertiary/aromatic N) is 2. The molecule has 2 rings (SSSR count). The number of hydrogen-bond acceptors (Lipinski definition) is 9. The fourth-order valence-corrected chi connectivity index (χ4v) is 5.33. The molecule has 1 aromatic carbocycles. The van der Waals surface area contributed by atoms with E-state index >= 15 is 0 Å². The van der Waals surface area contributed by atoms with Gasteiger partial charge in [0, 0.05) is 37.2 Å². The van der Waals surface area contributed by atoms with Gasteiger partial charge in [0.05, 0.1) is 19.4 Å². The van der Waals surface area contributed by atoms with Crippen LogP contribution in [0.4, 0.5) is 0 Å². The summed E-state index contributed by atoms with van der Waals surface area (Å²) in [6.45, 7) is 2.15. The highest BCUT2D eigenvalue weighted by Crippen LogP contribution is 2.26. The first kappa shape index (κ1) is 40.5. The number of Topliss-reactive ketones (excluding diaryl/α,β-unsaturated/α-hetero) is 1. The molecule has 1 aromatic heterocycles. The predicted octanol–water partition coefficient (Wildman–Crippen LogP) is 5.00. The first-order valence-electron chi connectivity index (χ1n) is 16.8. The van der Waals surface area contributed by atoms with E-state index in [0.717, 1.165) is 56.6 Å². The van der Waals surface area contributed by atoms with Crippen LogP contribution in [0, 0.1) is 5.92 Å².